The van der Waals surface area contributed by atoms with Crippen LogP contribution in [0.1, 0.15) is 47.2 Å². The van der Waals surface area contributed by atoms with Gasteiger partial charge in [0.25, 0.3) is 5.91 Å². The Labute approximate surface area is 126 Å². The first-order valence-corrected chi connectivity index (χ1v) is 7.71. The van der Waals surface area contributed by atoms with Gasteiger partial charge >= 0.3 is 0 Å². The molecule has 2 unspecified atom stereocenters. The van der Waals surface area contributed by atoms with Crippen molar-refractivity contribution >= 4 is 5.91 Å². The fraction of sp³-hybridized carbons (Fsp3) is 0.500. The van der Waals surface area contributed by atoms with Crippen LogP contribution in [0.5, 0.6) is 0 Å². The summed E-state index contributed by atoms with van der Waals surface area (Å²) in [4.78, 5) is 14.8. The maximum Gasteiger partial charge on any atom is 0.254 e. The van der Waals surface area contributed by atoms with Crippen molar-refractivity contribution in [2.75, 3.05) is 13.2 Å². The highest BCUT2D eigenvalue weighted by atomic mass is 16.2. The van der Waals surface area contributed by atoms with Crippen LogP contribution in [-0.4, -0.2) is 35.1 Å². The Morgan fingerprint density at radius 1 is 1.43 bits per heavy atom. The normalized spacial score (nSPS) is 23.0. The van der Waals surface area contributed by atoms with Crippen LogP contribution in [0.4, 0.5) is 0 Å². The molecule has 1 saturated heterocycles. The van der Waals surface area contributed by atoms with Crippen LogP contribution >= 0.6 is 0 Å². The second-order valence-electron chi connectivity index (χ2n) is 6.04. The van der Waals surface area contributed by atoms with E-state index in [9.17, 15) is 4.79 Å². The largest absolute Gasteiger partial charge is 0.395 e. The summed E-state index contributed by atoms with van der Waals surface area (Å²) in [5.41, 5.74) is 2.62. The molecule has 1 aliphatic heterocycles. The lowest BCUT2D eigenvalue weighted by Gasteiger charge is -2.27. The van der Waals surface area contributed by atoms with E-state index < -0.39 is 0 Å². The van der Waals surface area contributed by atoms with Gasteiger partial charge in [0.1, 0.15) is 0 Å². The zero-order valence-electron chi connectivity index (χ0n) is 12.4. The van der Waals surface area contributed by atoms with E-state index in [4.69, 9.17) is 5.11 Å². The van der Waals surface area contributed by atoms with Crippen LogP contribution in [0, 0.1) is 24.7 Å². The summed E-state index contributed by atoms with van der Waals surface area (Å²) >= 11 is 0. The molecule has 0 radical (unpaired) electrons. The highest BCUT2D eigenvalue weighted by Gasteiger charge is 2.40. The van der Waals surface area contributed by atoms with Crippen molar-refractivity contribution in [3.63, 3.8) is 0 Å². The molecule has 3 heteroatoms. The molecule has 2 bridgehead atoms. The molecule has 3 nitrogen and oxygen atoms in total. The zero-order valence-corrected chi connectivity index (χ0v) is 12.4. The van der Waals surface area contributed by atoms with Gasteiger partial charge in [-0.15, -0.1) is 0 Å². The first-order chi connectivity index (χ1) is 10.2. The Morgan fingerprint density at radius 3 is 2.95 bits per heavy atom. The summed E-state index contributed by atoms with van der Waals surface area (Å²) < 4.78 is 0. The summed E-state index contributed by atoms with van der Waals surface area (Å²) in [5.74, 6) is 6.86. The zero-order chi connectivity index (χ0) is 14.8. The number of rotatable bonds is 2. The molecular formula is C18H21NO2. The minimum absolute atomic E-state index is 0.0709. The fourth-order valence-electron chi connectivity index (χ4n) is 3.54. The SMILES string of the molecule is Cc1c(C#CCCO)cccc1C(=O)N1CC2CCC1C2. The van der Waals surface area contributed by atoms with Crippen molar-refractivity contribution in [2.45, 2.75) is 38.6 Å². The van der Waals surface area contributed by atoms with Gasteiger partial charge in [-0.05, 0) is 49.8 Å². The maximum atomic E-state index is 12.8. The molecule has 1 aromatic rings. The van der Waals surface area contributed by atoms with Crippen LogP contribution in [0.3, 0.4) is 0 Å². The smallest absolute Gasteiger partial charge is 0.254 e. The third kappa shape index (κ3) is 2.69. The van der Waals surface area contributed by atoms with Crippen LogP contribution in [0.25, 0.3) is 0 Å². The minimum atomic E-state index is 0.0709. The van der Waals surface area contributed by atoms with Crippen molar-refractivity contribution in [3.05, 3.63) is 34.9 Å². The third-order valence-electron chi connectivity index (χ3n) is 4.69. The van der Waals surface area contributed by atoms with Gasteiger partial charge in [0.15, 0.2) is 0 Å². The van der Waals surface area contributed by atoms with Gasteiger partial charge < -0.3 is 10.0 Å². The van der Waals surface area contributed by atoms with E-state index in [0.29, 0.717) is 18.4 Å². The van der Waals surface area contributed by atoms with E-state index in [1.165, 1.54) is 12.8 Å². The molecule has 1 heterocycles. The number of piperidine rings is 1. The number of carbonyl (C=O) groups excluding carboxylic acids is 1. The van der Waals surface area contributed by atoms with E-state index in [-0.39, 0.29) is 12.5 Å². The van der Waals surface area contributed by atoms with Crippen molar-refractivity contribution in [2.24, 2.45) is 5.92 Å². The molecule has 2 atom stereocenters. The molecule has 2 fully saturated rings. The molecule has 1 amide bonds. The standard InChI is InChI=1S/C18H21NO2/c1-13-15(5-2-3-10-20)6-4-7-17(13)18(21)19-12-14-8-9-16(19)11-14/h4,6-7,14,16,20H,3,8-12H2,1H3. The van der Waals surface area contributed by atoms with Crippen molar-refractivity contribution in [1.29, 1.82) is 0 Å². The molecule has 1 saturated carbocycles. The van der Waals surface area contributed by atoms with E-state index in [0.717, 1.165) is 29.7 Å². The Kier molecular flexibility index (Phi) is 3.98. The number of likely N-dealkylation sites (tertiary alicyclic amines) is 1. The van der Waals surface area contributed by atoms with E-state index in [1.54, 1.807) is 0 Å². The van der Waals surface area contributed by atoms with Gasteiger partial charge in [-0.25, -0.2) is 0 Å². The topological polar surface area (TPSA) is 40.5 Å². The van der Waals surface area contributed by atoms with Crippen molar-refractivity contribution < 1.29 is 9.90 Å². The van der Waals surface area contributed by atoms with Crippen molar-refractivity contribution in [1.82, 2.24) is 4.90 Å². The van der Waals surface area contributed by atoms with Gasteiger partial charge in [-0.1, -0.05) is 17.9 Å². The van der Waals surface area contributed by atoms with Crippen LogP contribution in [0.2, 0.25) is 0 Å². The summed E-state index contributed by atoms with van der Waals surface area (Å²) in [5, 5.41) is 8.80. The summed E-state index contributed by atoms with van der Waals surface area (Å²) in [7, 11) is 0. The second kappa shape index (κ2) is 5.91. The molecule has 1 aromatic carbocycles. The fourth-order valence-corrected chi connectivity index (χ4v) is 3.54. The maximum absolute atomic E-state index is 12.8. The lowest BCUT2D eigenvalue weighted by atomic mass is 10.0. The number of aliphatic hydroxyl groups excluding tert-OH is 1. The summed E-state index contributed by atoms with van der Waals surface area (Å²) in [6.07, 6.45) is 4.08. The van der Waals surface area contributed by atoms with Gasteiger partial charge in [-0.3, -0.25) is 4.79 Å². The molecule has 2 aliphatic rings. The van der Waals surface area contributed by atoms with E-state index in [2.05, 4.69) is 16.7 Å². The first-order valence-electron chi connectivity index (χ1n) is 7.71. The Bertz CT molecular complexity index is 611. The van der Waals surface area contributed by atoms with Crippen LogP contribution in [-0.2, 0) is 0 Å². The molecular weight excluding hydrogens is 262 g/mol. The predicted octanol–water partition coefficient (Wildman–Crippen LogP) is 2.35. The van der Waals surface area contributed by atoms with Gasteiger partial charge in [0.05, 0.1) is 6.61 Å². The highest BCUT2D eigenvalue weighted by molar-refractivity contribution is 5.96. The lowest BCUT2D eigenvalue weighted by Crippen LogP contribution is -2.38. The van der Waals surface area contributed by atoms with Gasteiger partial charge in [0, 0.05) is 30.1 Å². The number of amides is 1. The predicted molar refractivity (Wildman–Crippen MR) is 81.9 cm³/mol. The Hall–Kier alpha value is -1.79. The second-order valence-corrected chi connectivity index (χ2v) is 6.04. The number of hydrogen-bond donors (Lipinski definition) is 1. The van der Waals surface area contributed by atoms with Crippen molar-refractivity contribution in [3.8, 4) is 11.8 Å². The lowest BCUT2D eigenvalue weighted by molar-refractivity contribution is 0.0703. The monoisotopic (exact) mass is 283 g/mol. The van der Waals surface area contributed by atoms with Crippen LogP contribution in [0.15, 0.2) is 18.2 Å². The number of fused-ring (bicyclic) bond motifs is 2. The highest BCUT2D eigenvalue weighted by Crippen LogP contribution is 2.38. The Balaban J connectivity index is 1.84. The number of carbonyl (C=O) groups is 1. The Morgan fingerprint density at radius 2 is 2.29 bits per heavy atom. The average molecular weight is 283 g/mol. The van der Waals surface area contributed by atoms with E-state index >= 15 is 0 Å². The molecule has 110 valence electrons. The molecule has 21 heavy (non-hydrogen) atoms. The van der Waals surface area contributed by atoms with Gasteiger partial charge in [-0.2, -0.15) is 0 Å². The number of hydrogen-bond acceptors (Lipinski definition) is 2. The van der Waals surface area contributed by atoms with E-state index in [1.807, 2.05) is 25.1 Å². The minimum Gasteiger partial charge on any atom is -0.395 e. The molecule has 3 rings (SSSR count). The number of benzene rings is 1. The average Bonchev–Trinajstić information content (AvgIpc) is 3.11. The molecule has 1 aliphatic carbocycles. The third-order valence-corrected chi connectivity index (χ3v) is 4.69. The quantitative estimate of drug-likeness (QED) is 0.846. The summed E-state index contributed by atoms with van der Waals surface area (Å²) in [6.45, 7) is 2.95. The molecule has 0 spiro atoms. The summed E-state index contributed by atoms with van der Waals surface area (Å²) in [6, 6.07) is 6.19. The molecule has 0 aromatic heterocycles. The number of nitrogens with zero attached hydrogens (tertiary/aromatic N) is 1. The molecule has 1 N–H and O–H groups in total. The number of aliphatic hydroxyl groups is 1. The first kappa shape index (κ1) is 14.2. The van der Waals surface area contributed by atoms with Crippen LogP contribution < -0.4 is 0 Å². The van der Waals surface area contributed by atoms with Gasteiger partial charge in [0.2, 0.25) is 0 Å².